The van der Waals surface area contributed by atoms with Crippen LogP contribution in [0.4, 0.5) is 0 Å². The second-order valence-electron chi connectivity index (χ2n) is 3.59. The molecule has 1 N–H and O–H groups in total. The molecule has 0 unspecified atom stereocenters. The van der Waals surface area contributed by atoms with Crippen molar-refractivity contribution in [3.8, 4) is 0 Å². The quantitative estimate of drug-likeness (QED) is 0.724. The van der Waals surface area contributed by atoms with Crippen LogP contribution in [0.2, 0.25) is 0 Å². The van der Waals surface area contributed by atoms with E-state index >= 15 is 0 Å². The van der Waals surface area contributed by atoms with Crippen LogP contribution in [0.1, 0.15) is 21.6 Å². The predicted molar refractivity (Wildman–Crippen MR) is 59.1 cm³/mol. The Bertz CT molecular complexity index is 526. The number of carbonyl (C=O) groups excluding carboxylic acids is 1. The molecule has 2 rings (SSSR count). The van der Waals surface area contributed by atoms with E-state index in [1.807, 2.05) is 26.0 Å². The Labute approximate surface area is 88.1 Å². The topological polar surface area (TPSA) is 42.1 Å². The van der Waals surface area contributed by atoms with Gasteiger partial charge in [0, 0.05) is 16.6 Å². The number of aromatic amines is 1. The van der Waals surface area contributed by atoms with E-state index < -0.39 is 0 Å². The van der Waals surface area contributed by atoms with Crippen molar-refractivity contribution in [2.45, 2.75) is 13.8 Å². The Morgan fingerprint density at radius 3 is 2.73 bits per heavy atom. The Kier molecular flexibility index (Phi) is 2.23. The lowest BCUT2D eigenvalue weighted by Gasteiger charge is -2.01. The van der Waals surface area contributed by atoms with Crippen molar-refractivity contribution in [3.63, 3.8) is 0 Å². The van der Waals surface area contributed by atoms with Crippen molar-refractivity contribution in [1.82, 2.24) is 4.98 Å². The van der Waals surface area contributed by atoms with Crippen LogP contribution < -0.4 is 0 Å². The summed E-state index contributed by atoms with van der Waals surface area (Å²) in [4.78, 5) is 14.8. The first kappa shape index (κ1) is 9.77. The zero-order valence-corrected chi connectivity index (χ0v) is 9.05. The van der Waals surface area contributed by atoms with E-state index in [0.29, 0.717) is 5.56 Å². The van der Waals surface area contributed by atoms with Gasteiger partial charge in [0.25, 0.3) is 0 Å². The summed E-state index contributed by atoms with van der Waals surface area (Å²) < 4.78 is 4.76. The van der Waals surface area contributed by atoms with Gasteiger partial charge in [-0.25, -0.2) is 4.79 Å². The monoisotopic (exact) mass is 203 g/mol. The number of nitrogens with one attached hydrogen (secondary N) is 1. The average Bonchev–Trinajstić information content (AvgIpc) is 2.54. The number of H-pyrrole nitrogens is 1. The van der Waals surface area contributed by atoms with Crippen LogP contribution in [-0.2, 0) is 4.74 Å². The summed E-state index contributed by atoms with van der Waals surface area (Å²) in [5, 5.41) is 0.960. The molecule has 0 radical (unpaired) electrons. The lowest BCUT2D eigenvalue weighted by Crippen LogP contribution is -2.01. The number of ether oxygens (including phenoxy) is 1. The largest absolute Gasteiger partial charge is 0.465 e. The van der Waals surface area contributed by atoms with Crippen molar-refractivity contribution < 1.29 is 9.53 Å². The molecular formula is C12H13NO2. The normalized spacial score (nSPS) is 10.6. The van der Waals surface area contributed by atoms with E-state index in [2.05, 4.69) is 4.98 Å². The van der Waals surface area contributed by atoms with Gasteiger partial charge in [-0.3, -0.25) is 0 Å². The number of aromatic nitrogens is 1. The van der Waals surface area contributed by atoms with Gasteiger partial charge in [0.1, 0.15) is 0 Å². The van der Waals surface area contributed by atoms with Crippen molar-refractivity contribution in [2.24, 2.45) is 0 Å². The first-order valence-electron chi connectivity index (χ1n) is 4.81. The molecule has 0 saturated carbocycles. The van der Waals surface area contributed by atoms with E-state index in [1.54, 1.807) is 6.07 Å². The molecule has 0 aliphatic carbocycles. The summed E-state index contributed by atoms with van der Waals surface area (Å²) in [6.07, 6.45) is 0. The standard InChI is InChI=1S/C12H13NO2/c1-7-8(2)13-10-6-4-5-9(11(7)10)12(14)15-3/h4-6,13H,1-3H3. The van der Waals surface area contributed by atoms with Gasteiger partial charge in [-0.2, -0.15) is 0 Å². The molecule has 2 aromatic rings. The third-order valence-corrected chi connectivity index (χ3v) is 2.73. The Morgan fingerprint density at radius 2 is 2.07 bits per heavy atom. The number of carbonyl (C=O) groups is 1. The molecular weight excluding hydrogens is 190 g/mol. The maximum absolute atomic E-state index is 11.6. The number of esters is 1. The van der Waals surface area contributed by atoms with Gasteiger partial charge < -0.3 is 9.72 Å². The summed E-state index contributed by atoms with van der Waals surface area (Å²) in [6.45, 7) is 4.00. The molecule has 0 spiro atoms. The molecule has 3 heteroatoms. The van der Waals surface area contributed by atoms with Gasteiger partial charge in [0.05, 0.1) is 12.7 Å². The molecule has 1 heterocycles. The molecule has 0 aliphatic heterocycles. The highest BCUT2D eigenvalue weighted by molar-refractivity contribution is 6.05. The van der Waals surface area contributed by atoms with Gasteiger partial charge in [-0.05, 0) is 31.5 Å². The summed E-state index contributed by atoms with van der Waals surface area (Å²) in [6, 6.07) is 5.60. The van der Waals surface area contributed by atoms with Crippen molar-refractivity contribution in [1.29, 1.82) is 0 Å². The summed E-state index contributed by atoms with van der Waals surface area (Å²) in [5.74, 6) is -0.289. The number of fused-ring (bicyclic) bond motifs is 1. The number of methoxy groups -OCH3 is 1. The molecule has 0 amide bonds. The van der Waals surface area contributed by atoms with Gasteiger partial charge in [-0.15, -0.1) is 0 Å². The van der Waals surface area contributed by atoms with Crippen LogP contribution in [0.3, 0.4) is 0 Å². The number of rotatable bonds is 1. The van der Waals surface area contributed by atoms with E-state index in [0.717, 1.165) is 22.2 Å². The Morgan fingerprint density at radius 1 is 1.33 bits per heavy atom. The second kappa shape index (κ2) is 3.42. The highest BCUT2D eigenvalue weighted by Gasteiger charge is 2.14. The van der Waals surface area contributed by atoms with Gasteiger partial charge in [0.2, 0.25) is 0 Å². The molecule has 78 valence electrons. The molecule has 1 aromatic heterocycles. The fourth-order valence-corrected chi connectivity index (χ4v) is 1.82. The maximum Gasteiger partial charge on any atom is 0.338 e. The van der Waals surface area contributed by atoms with Crippen LogP contribution >= 0.6 is 0 Å². The number of benzene rings is 1. The van der Waals surface area contributed by atoms with Crippen LogP contribution in [0, 0.1) is 13.8 Å². The Hall–Kier alpha value is -1.77. The minimum Gasteiger partial charge on any atom is -0.465 e. The predicted octanol–water partition coefficient (Wildman–Crippen LogP) is 2.57. The van der Waals surface area contributed by atoms with E-state index in [9.17, 15) is 4.79 Å². The lowest BCUT2D eigenvalue weighted by atomic mass is 10.1. The maximum atomic E-state index is 11.6. The van der Waals surface area contributed by atoms with Gasteiger partial charge in [-0.1, -0.05) is 6.07 Å². The molecule has 0 fully saturated rings. The summed E-state index contributed by atoms with van der Waals surface area (Å²) in [5.41, 5.74) is 3.79. The van der Waals surface area contributed by atoms with Gasteiger partial charge >= 0.3 is 5.97 Å². The SMILES string of the molecule is COC(=O)c1cccc2[nH]c(C)c(C)c12. The van der Waals surface area contributed by atoms with E-state index in [4.69, 9.17) is 4.74 Å². The van der Waals surface area contributed by atoms with Crippen LogP contribution in [0.15, 0.2) is 18.2 Å². The molecule has 0 atom stereocenters. The Balaban J connectivity index is 2.80. The van der Waals surface area contributed by atoms with Gasteiger partial charge in [0.15, 0.2) is 0 Å². The minimum absolute atomic E-state index is 0.289. The van der Waals surface area contributed by atoms with Crippen LogP contribution in [0.5, 0.6) is 0 Å². The van der Waals surface area contributed by atoms with Crippen molar-refractivity contribution >= 4 is 16.9 Å². The molecule has 1 aromatic carbocycles. The van der Waals surface area contributed by atoms with E-state index in [-0.39, 0.29) is 5.97 Å². The van der Waals surface area contributed by atoms with Crippen LogP contribution in [0.25, 0.3) is 10.9 Å². The number of hydrogen-bond acceptors (Lipinski definition) is 2. The fraction of sp³-hybridized carbons (Fsp3) is 0.250. The lowest BCUT2D eigenvalue weighted by molar-refractivity contribution is 0.0603. The van der Waals surface area contributed by atoms with Crippen molar-refractivity contribution in [3.05, 3.63) is 35.0 Å². The molecule has 3 nitrogen and oxygen atoms in total. The van der Waals surface area contributed by atoms with E-state index in [1.165, 1.54) is 7.11 Å². The number of hydrogen-bond donors (Lipinski definition) is 1. The minimum atomic E-state index is -0.289. The summed E-state index contributed by atoms with van der Waals surface area (Å²) >= 11 is 0. The zero-order chi connectivity index (χ0) is 11.0. The van der Waals surface area contributed by atoms with Crippen molar-refractivity contribution in [2.75, 3.05) is 7.11 Å². The summed E-state index contributed by atoms with van der Waals surface area (Å²) in [7, 11) is 1.40. The molecule has 0 aliphatic rings. The third kappa shape index (κ3) is 1.40. The number of aryl methyl sites for hydroxylation is 2. The third-order valence-electron chi connectivity index (χ3n) is 2.73. The molecule has 0 bridgehead atoms. The van der Waals surface area contributed by atoms with Crippen LogP contribution in [-0.4, -0.2) is 18.1 Å². The second-order valence-corrected chi connectivity index (χ2v) is 3.59. The molecule has 0 saturated heterocycles. The first-order valence-corrected chi connectivity index (χ1v) is 4.81. The average molecular weight is 203 g/mol. The fourth-order valence-electron chi connectivity index (χ4n) is 1.82. The zero-order valence-electron chi connectivity index (χ0n) is 9.05. The highest BCUT2D eigenvalue weighted by atomic mass is 16.5. The first-order chi connectivity index (χ1) is 7.15. The smallest absolute Gasteiger partial charge is 0.338 e. The highest BCUT2D eigenvalue weighted by Crippen LogP contribution is 2.25. The molecule has 15 heavy (non-hydrogen) atoms.